The van der Waals surface area contributed by atoms with Gasteiger partial charge in [-0.1, -0.05) is 0 Å². The minimum Gasteiger partial charge on any atom is -0.475 e. The Kier molecular flexibility index (Phi) is 4.02. The molecule has 1 aromatic rings. The predicted octanol–water partition coefficient (Wildman–Crippen LogP) is 2.66. The molecule has 0 aliphatic carbocycles. The molecule has 1 aliphatic rings. The first-order valence-electron chi connectivity index (χ1n) is 6.17. The fraction of sp³-hybridized carbons (Fsp3) is 0.615. The van der Waals surface area contributed by atoms with Crippen LogP contribution in [0.5, 0.6) is 0 Å². The van der Waals surface area contributed by atoms with Crippen LogP contribution < -0.4 is 5.32 Å². The average Bonchev–Trinajstić information content (AvgIpc) is 2.87. The van der Waals surface area contributed by atoms with E-state index in [0.717, 1.165) is 12.1 Å². The fourth-order valence-corrected chi connectivity index (χ4v) is 3.51. The zero-order valence-electron chi connectivity index (χ0n) is 10.8. The topological polar surface area (TPSA) is 62.5 Å². The Labute approximate surface area is 111 Å². The second-order valence-electron chi connectivity index (χ2n) is 5.00. The lowest BCUT2D eigenvalue weighted by Gasteiger charge is -2.22. The van der Waals surface area contributed by atoms with Crippen molar-refractivity contribution >= 4 is 17.7 Å². The smallest absolute Gasteiger partial charge is 0.371 e. The van der Waals surface area contributed by atoms with E-state index in [1.54, 1.807) is 13.0 Å². The quantitative estimate of drug-likeness (QED) is 0.860. The first kappa shape index (κ1) is 13.5. The summed E-state index contributed by atoms with van der Waals surface area (Å²) in [5, 5.41) is 12.2. The second kappa shape index (κ2) is 5.36. The number of aromatic carboxylic acids is 1. The van der Waals surface area contributed by atoms with Crippen LogP contribution in [0.1, 0.15) is 41.6 Å². The van der Waals surface area contributed by atoms with Crippen molar-refractivity contribution in [1.82, 2.24) is 5.32 Å². The minimum absolute atomic E-state index is 0.0192. The van der Waals surface area contributed by atoms with Gasteiger partial charge in [0.2, 0.25) is 5.76 Å². The van der Waals surface area contributed by atoms with Crippen LogP contribution in [-0.2, 0) is 6.54 Å². The van der Waals surface area contributed by atoms with Crippen molar-refractivity contribution in [2.75, 3.05) is 12.3 Å². The highest BCUT2D eigenvalue weighted by Gasteiger charge is 2.28. The van der Waals surface area contributed by atoms with Crippen molar-refractivity contribution in [2.45, 2.75) is 38.0 Å². The molecule has 0 amide bonds. The molecule has 18 heavy (non-hydrogen) atoms. The molecule has 2 rings (SSSR count). The number of thioether (sulfide) groups is 1. The van der Waals surface area contributed by atoms with E-state index >= 15 is 0 Å². The van der Waals surface area contributed by atoms with Crippen LogP contribution in [-0.4, -0.2) is 28.1 Å². The third-order valence-corrected chi connectivity index (χ3v) is 4.88. The summed E-state index contributed by atoms with van der Waals surface area (Å²) < 4.78 is 5.51. The maximum atomic E-state index is 10.8. The Hall–Kier alpha value is -0.940. The molecule has 0 saturated carbocycles. The molecular weight excluding hydrogens is 250 g/mol. The van der Waals surface area contributed by atoms with Crippen molar-refractivity contribution in [3.8, 4) is 0 Å². The number of furan rings is 1. The van der Waals surface area contributed by atoms with E-state index in [0.29, 0.717) is 17.1 Å². The third-order valence-electron chi connectivity index (χ3n) is 3.35. The maximum absolute atomic E-state index is 10.8. The van der Waals surface area contributed by atoms with Gasteiger partial charge in [0.15, 0.2) is 0 Å². The van der Waals surface area contributed by atoms with Gasteiger partial charge in [0, 0.05) is 23.4 Å². The van der Waals surface area contributed by atoms with Crippen LogP contribution in [0.25, 0.3) is 0 Å². The summed E-state index contributed by atoms with van der Waals surface area (Å²) in [7, 11) is 0. The van der Waals surface area contributed by atoms with Crippen LogP contribution in [0, 0.1) is 6.92 Å². The van der Waals surface area contributed by atoms with E-state index in [1.807, 2.05) is 11.8 Å². The molecule has 0 aromatic carbocycles. The molecule has 100 valence electrons. The molecule has 2 heterocycles. The Balaban J connectivity index is 1.88. The van der Waals surface area contributed by atoms with Gasteiger partial charge in [-0.25, -0.2) is 4.79 Å². The van der Waals surface area contributed by atoms with E-state index < -0.39 is 5.97 Å². The largest absolute Gasteiger partial charge is 0.475 e. The van der Waals surface area contributed by atoms with Gasteiger partial charge < -0.3 is 14.8 Å². The number of carboxylic acids is 1. The molecule has 1 atom stereocenters. The number of rotatable bonds is 5. The molecule has 0 radical (unpaired) electrons. The zero-order valence-corrected chi connectivity index (χ0v) is 11.6. The van der Waals surface area contributed by atoms with Crippen LogP contribution in [0.15, 0.2) is 10.5 Å². The molecule has 5 heteroatoms. The number of nitrogens with one attached hydrogen (secondary N) is 1. The molecular formula is C13H19NO3S. The van der Waals surface area contributed by atoms with Crippen molar-refractivity contribution in [3.63, 3.8) is 0 Å². The van der Waals surface area contributed by atoms with Gasteiger partial charge >= 0.3 is 5.97 Å². The van der Waals surface area contributed by atoms with E-state index in [4.69, 9.17) is 9.52 Å². The minimum atomic E-state index is -1.01. The summed E-state index contributed by atoms with van der Waals surface area (Å²) in [6, 6.07) is 1.61. The van der Waals surface area contributed by atoms with Crippen molar-refractivity contribution in [1.29, 1.82) is 0 Å². The summed E-state index contributed by atoms with van der Waals surface area (Å²) in [5.41, 5.74) is 0.930. The maximum Gasteiger partial charge on any atom is 0.371 e. The second-order valence-corrected chi connectivity index (χ2v) is 6.69. The molecule has 4 nitrogen and oxygen atoms in total. The Morgan fingerprint density at radius 2 is 2.44 bits per heavy atom. The van der Waals surface area contributed by atoms with Crippen molar-refractivity contribution in [3.05, 3.63) is 23.2 Å². The Morgan fingerprint density at radius 1 is 1.67 bits per heavy atom. The van der Waals surface area contributed by atoms with Crippen molar-refractivity contribution in [2.24, 2.45) is 0 Å². The molecule has 1 aliphatic heterocycles. The number of carbonyl (C=O) groups is 1. The van der Waals surface area contributed by atoms with Gasteiger partial charge in [-0.3, -0.25) is 0 Å². The van der Waals surface area contributed by atoms with Gasteiger partial charge in [0.25, 0.3) is 0 Å². The average molecular weight is 269 g/mol. The van der Waals surface area contributed by atoms with E-state index in [2.05, 4.69) is 12.2 Å². The molecule has 1 fully saturated rings. The normalized spacial score (nSPS) is 23.4. The monoisotopic (exact) mass is 269 g/mol. The van der Waals surface area contributed by atoms with E-state index in [-0.39, 0.29) is 5.76 Å². The highest BCUT2D eigenvalue weighted by atomic mass is 32.2. The predicted molar refractivity (Wildman–Crippen MR) is 72.2 cm³/mol. The van der Waals surface area contributed by atoms with Crippen LogP contribution in [0.2, 0.25) is 0 Å². The number of aryl methyl sites for hydroxylation is 1. The van der Waals surface area contributed by atoms with E-state index in [1.165, 1.54) is 18.6 Å². The van der Waals surface area contributed by atoms with Gasteiger partial charge in [-0.15, -0.1) is 0 Å². The molecule has 2 N–H and O–H groups in total. The van der Waals surface area contributed by atoms with Gasteiger partial charge in [0.05, 0.1) is 0 Å². The first-order valence-corrected chi connectivity index (χ1v) is 7.16. The lowest BCUT2D eigenvalue weighted by molar-refractivity contribution is 0.0661. The molecule has 0 bridgehead atoms. The van der Waals surface area contributed by atoms with Gasteiger partial charge in [-0.2, -0.15) is 11.8 Å². The standard InChI is InChI=1S/C13H19NO3S/c1-9-10(6-11(17-9)12(15)16)7-14-8-13(2)4-3-5-18-13/h6,14H,3-5,7-8H2,1-2H3,(H,15,16). The lowest BCUT2D eigenvalue weighted by atomic mass is 10.1. The lowest BCUT2D eigenvalue weighted by Crippen LogP contribution is -2.32. The fourth-order valence-electron chi connectivity index (χ4n) is 2.24. The number of carboxylic acid groups (broad SMARTS) is 1. The SMILES string of the molecule is Cc1oc(C(=O)O)cc1CNCC1(C)CCCS1. The van der Waals surface area contributed by atoms with Crippen LogP contribution >= 0.6 is 11.8 Å². The summed E-state index contributed by atoms with van der Waals surface area (Å²) >= 11 is 2.01. The molecule has 0 spiro atoms. The number of hydrogen-bond acceptors (Lipinski definition) is 4. The van der Waals surface area contributed by atoms with Crippen molar-refractivity contribution < 1.29 is 14.3 Å². The Morgan fingerprint density at radius 3 is 3.00 bits per heavy atom. The summed E-state index contributed by atoms with van der Waals surface area (Å²) in [5.74, 6) is 0.934. The summed E-state index contributed by atoms with van der Waals surface area (Å²) in [4.78, 5) is 10.8. The first-order chi connectivity index (χ1) is 8.50. The summed E-state index contributed by atoms with van der Waals surface area (Å²) in [6.45, 7) is 5.70. The number of hydrogen-bond donors (Lipinski definition) is 2. The summed E-state index contributed by atoms with van der Waals surface area (Å²) in [6.07, 6.45) is 2.53. The van der Waals surface area contributed by atoms with E-state index in [9.17, 15) is 4.79 Å². The molecule has 1 aromatic heterocycles. The Bertz CT molecular complexity index is 435. The molecule has 1 unspecified atom stereocenters. The van der Waals surface area contributed by atoms with Crippen LogP contribution in [0.4, 0.5) is 0 Å². The van der Waals surface area contributed by atoms with Crippen LogP contribution in [0.3, 0.4) is 0 Å². The van der Waals surface area contributed by atoms with Gasteiger partial charge in [-0.05, 0) is 38.5 Å². The molecule has 1 saturated heterocycles. The zero-order chi connectivity index (χ0) is 13.2. The third kappa shape index (κ3) is 3.09. The highest BCUT2D eigenvalue weighted by Crippen LogP contribution is 2.37. The van der Waals surface area contributed by atoms with Gasteiger partial charge in [0.1, 0.15) is 5.76 Å². The highest BCUT2D eigenvalue weighted by molar-refractivity contribution is 8.00.